The van der Waals surface area contributed by atoms with E-state index in [1.165, 1.54) is 6.07 Å². The van der Waals surface area contributed by atoms with Crippen LogP contribution in [0.3, 0.4) is 0 Å². The van der Waals surface area contributed by atoms with Gasteiger partial charge in [0.05, 0.1) is 0 Å². The molecule has 0 heterocycles. The van der Waals surface area contributed by atoms with Crippen LogP contribution in [-0.2, 0) is 10.0 Å². The minimum atomic E-state index is -4.28. The van der Waals surface area contributed by atoms with Crippen LogP contribution in [0.25, 0.3) is 0 Å². The van der Waals surface area contributed by atoms with Gasteiger partial charge in [0.25, 0.3) is 10.0 Å². The van der Waals surface area contributed by atoms with Gasteiger partial charge in [0, 0.05) is 15.8 Å². The second-order valence-corrected chi connectivity index (χ2v) is 6.89. The molecule has 21 heavy (non-hydrogen) atoms. The van der Waals surface area contributed by atoms with Gasteiger partial charge in [-0.2, -0.15) is 0 Å². The molecule has 2 rings (SSSR count). The molecule has 0 aliphatic heterocycles. The lowest BCUT2D eigenvalue weighted by molar-refractivity contribution is 0.486. The zero-order valence-corrected chi connectivity index (χ0v) is 13.2. The Morgan fingerprint density at radius 2 is 1.86 bits per heavy atom. The molecule has 0 spiro atoms. The molecule has 0 aromatic heterocycles. The fourth-order valence-corrected chi connectivity index (χ4v) is 3.12. The average molecular weight is 377 g/mol. The predicted octanol–water partition coefficient (Wildman–Crippen LogP) is 3.42. The number of hydrogen-bond acceptors (Lipinski definition) is 3. The molecule has 0 aliphatic rings. The van der Waals surface area contributed by atoms with E-state index >= 15 is 0 Å². The highest BCUT2D eigenvalue weighted by Crippen LogP contribution is 2.25. The third kappa shape index (κ3) is 3.33. The van der Waals surface area contributed by atoms with E-state index in [-0.39, 0.29) is 11.4 Å². The first-order chi connectivity index (χ1) is 9.70. The fourth-order valence-electron chi connectivity index (χ4n) is 1.70. The second kappa shape index (κ2) is 5.61. The molecule has 4 nitrogen and oxygen atoms in total. The monoisotopic (exact) mass is 376 g/mol. The summed E-state index contributed by atoms with van der Waals surface area (Å²) in [6.45, 7) is 1.77. The zero-order chi connectivity index (χ0) is 15.8. The summed E-state index contributed by atoms with van der Waals surface area (Å²) in [5, 5.41) is 0. The lowest BCUT2D eigenvalue weighted by atomic mass is 10.2. The molecule has 0 saturated carbocycles. The van der Waals surface area contributed by atoms with Crippen molar-refractivity contribution in [1.29, 1.82) is 0 Å². The first-order valence-corrected chi connectivity index (χ1v) is 8.02. The number of nitrogens with one attached hydrogen (secondary N) is 1. The maximum atomic E-state index is 13.7. The third-order valence-corrected chi connectivity index (χ3v) is 4.99. The first-order valence-electron chi connectivity index (χ1n) is 5.74. The van der Waals surface area contributed by atoms with Crippen molar-refractivity contribution in [2.45, 2.75) is 11.8 Å². The molecule has 0 fully saturated rings. The Balaban J connectivity index is 2.45. The van der Waals surface area contributed by atoms with Crippen molar-refractivity contribution < 1.29 is 17.2 Å². The highest BCUT2D eigenvalue weighted by molar-refractivity contribution is 9.10. The summed E-state index contributed by atoms with van der Waals surface area (Å²) in [5.41, 5.74) is 6.20. The summed E-state index contributed by atoms with van der Waals surface area (Å²) < 4.78 is 54.2. The van der Waals surface area contributed by atoms with Gasteiger partial charge >= 0.3 is 0 Å². The van der Waals surface area contributed by atoms with E-state index in [9.17, 15) is 17.2 Å². The van der Waals surface area contributed by atoms with Crippen LogP contribution in [0.1, 0.15) is 5.56 Å². The predicted molar refractivity (Wildman–Crippen MR) is 80.5 cm³/mol. The molecule has 0 bridgehead atoms. The van der Waals surface area contributed by atoms with Crippen molar-refractivity contribution >= 4 is 37.3 Å². The van der Waals surface area contributed by atoms with E-state index < -0.39 is 26.6 Å². The van der Waals surface area contributed by atoms with Crippen molar-refractivity contribution in [1.82, 2.24) is 0 Å². The quantitative estimate of drug-likeness (QED) is 0.806. The van der Waals surface area contributed by atoms with Crippen LogP contribution in [0.5, 0.6) is 0 Å². The molecule has 0 atom stereocenters. The molecule has 0 radical (unpaired) electrons. The lowest BCUT2D eigenvalue weighted by Crippen LogP contribution is -2.16. The molecule has 2 aromatic rings. The summed E-state index contributed by atoms with van der Waals surface area (Å²) in [7, 11) is -4.28. The van der Waals surface area contributed by atoms with Crippen LogP contribution in [-0.4, -0.2) is 8.42 Å². The minimum Gasteiger partial charge on any atom is -0.399 e. The SMILES string of the molecule is Cc1cc(NS(=O)(=O)c2cc(N)cc(F)c2F)ccc1Br. The topological polar surface area (TPSA) is 72.2 Å². The number of nitrogen functional groups attached to an aromatic ring is 1. The number of halogens is 3. The van der Waals surface area contributed by atoms with E-state index in [2.05, 4.69) is 20.7 Å². The van der Waals surface area contributed by atoms with Gasteiger partial charge in [-0.15, -0.1) is 0 Å². The number of aryl methyl sites for hydroxylation is 1. The Hall–Kier alpha value is -1.67. The minimum absolute atomic E-state index is 0.179. The number of sulfonamides is 1. The van der Waals surface area contributed by atoms with Crippen molar-refractivity contribution in [3.05, 3.63) is 52.0 Å². The van der Waals surface area contributed by atoms with E-state index in [4.69, 9.17) is 5.73 Å². The number of anilines is 2. The van der Waals surface area contributed by atoms with Gasteiger partial charge in [-0.1, -0.05) is 15.9 Å². The molecule has 0 saturated heterocycles. The summed E-state index contributed by atoms with van der Waals surface area (Å²) in [6.07, 6.45) is 0. The Kier molecular flexibility index (Phi) is 4.20. The molecule has 0 aliphatic carbocycles. The Morgan fingerprint density at radius 1 is 1.19 bits per heavy atom. The van der Waals surface area contributed by atoms with Gasteiger partial charge in [-0.25, -0.2) is 17.2 Å². The Bertz CT molecular complexity index is 810. The van der Waals surface area contributed by atoms with E-state index in [1.807, 2.05) is 0 Å². The smallest absolute Gasteiger partial charge is 0.265 e. The highest BCUT2D eigenvalue weighted by atomic mass is 79.9. The van der Waals surface area contributed by atoms with Crippen LogP contribution in [0, 0.1) is 18.6 Å². The van der Waals surface area contributed by atoms with E-state index in [1.54, 1.807) is 19.1 Å². The van der Waals surface area contributed by atoms with E-state index in [0.29, 0.717) is 0 Å². The average Bonchev–Trinajstić information content (AvgIpc) is 2.37. The normalized spacial score (nSPS) is 11.4. The summed E-state index contributed by atoms with van der Waals surface area (Å²) in [6, 6.07) is 6.28. The van der Waals surface area contributed by atoms with Crippen LogP contribution < -0.4 is 10.5 Å². The Labute approximate surface area is 129 Å². The van der Waals surface area contributed by atoms with Gasteiger partial charge in [-0.05, 0) is 42.8 Å². The van der Waals surface area contributed by atoms with Gasteiger partial charge < -0.3 is 5.73 Å². The number of hydrogen-bond donors (Lipinski definition) is 2. The molecular formula is C13H11BrF2N2O2S. The van der Waals surface area contributed by atoms with Crippen LogP contribution in [0.2, 0.25) is 0 Å². The Morgan fingerprint density at radius 3 is 2.48 bits per heavy atom. The lowest BCUT2D eigenvalue weighted by Gasteiger charge is -2.11. The summed E-state index contributed by atoms with van der Waals surface area (Å²) >= 11 is 3.28. The van der Waals surface area contributed by atoms with Crippen molar-refractivity contribution in [2.75, 3.05) is 10.5 Å². The van der Waals surface area contributed by atoms with Gasteiger partial charge in [-0.3, -0.25) is 4.72 Å². The summed E-state index contributed by atoms with van der Waals surface area (Å²) in [4.78, 5) is -0.833. The van der Waals surface area contributed by atoms with Crippen LogP contribution in [0.4, 0.5) is 20.2 Å². The first kappa shape index (κ1) is 15.7. The molecule has 2 aromatic carbocycles. The standard InChI is InChI=1S/C13H11BrF2N2O2S/c1-7-4-9(2-3-10(7)14)18-21(19,20)12-6-8(17)5-11(15)13(12)16/h2-6,18H,17H2,1H3. The molecular weight excluding hydrogens is 366 g/mol. The second-order valence-electron chi connectivity index (χ2n) is 4.38. The number of nitrogens with two attached hydrogens (primary N) is 1. The van der Waals surface area contributed by atoms with Gasteiger partial charge in [0.2, 0.25) is 0 Å². The molecule has 0 unspecified atom stereocenters. The fraction of sp³-hybridized carbons (Fsp3) is 0.0769. The molecule has 3 N–H and O–H groups in total. The van der Waals surface area contributed by atoms with Crippen molar-refractivity contribution in [3.8, 4) is 0 Å². The van der Waals surface area contributed by atoms with Crippen LogP contribution >= 0.6 is 15.9 Å². The number of rotatable bonds is 3. The molecule has 8 heteroatoms. The molecule has 112 valence electrons. The van der Waals surface area contributed by atoms with Crippen molar-refractivity contribution in [3.63, 3.8) is 0 Å². The largest absolute Gasteiger partial charge is 0.399 e. The van der Waals surface area contributed by atoms with Gasteiger partial charge in [0.15, 0.2) is 11.6 Å². The van der Waals surface area contributed by atoms with Crippen molar-refractivity contribution in [2.24, 2.45) is 0 Å². The number of benzene rings is 2. The van der Waals surface area contributed by atoms with E-state index in [0.717, 1.165) is 22.2 Å². The maximum Gasteiger partial charge on any atom is 0.265 e. The molecule has 0 amide bonds. The zero-order valence-electron chi connectivity index (χ0n) is 10.8. The highest BCUT2D eigenvalue weighted by Gasteiger charge is 2.23. The van der Waals surface area contributed by atoms with Gasteiger partial charge in [0.1, 0.15) is 4.90 Å². The van der Waals surface area contributed by atoms with Crippen LogP contribution in [0.15, 0.2) is 39.7 Å². The maximum absolute atomic E-state index is 13.7. The summed E-state index contributed by atoms with van der Waals surface area (Å²) in [5.74, 6) is -2.78. The third-order valence-electron chi connectivity index (χ3n) is 2.72.